The van der Waals surface area contributed by atoms with Gasteiger partial charge < -0.3 is 15.4 Å². The highest BCUT2D eigenvalue weighted by molar-refractivity contribution is 14.0. The fraction of sp³-hybridized carbons (Fsp3) is 0.944. The van der Waals surface area contributed by atoms with Gasteiger partial charge in [-0.15, -0.1) is 24.0 Å². The maximum atomic E-state index is 12.2. The molecule has 0 heterocycles. The number of rotatable bonds is 7. The van der Waals surface area contributed by atoms with Crippen LogP contribution in [0.4, 0.5) is 0 Å². The van der Waals surface area contributed by atoms with Crippen molar-refractivity contribution in [3.8, 4) is 0 Å². The van der Waals surface area contributed by atoms with Gasteiger partial charge in [-0.25, -0.2) is 0 Å². The minimum absolute atomic E-state index is 0. The number of nitrogens with zero attached hydrogens (tertiary/aromatic N) is 1. The molecule has 25 heavy (non-hydrogen) atoms. The molecule has 0 saturated heterocycles. The molecule has 0 aromatic rings. The molecule has 2 aliphatic rings. The zero-order valence-corrected chi connectivity index (χ0v) is 19.5. The summed E-state index contributed by atoms with van der Waals surface area (Å²) in [5, 5.41) is 6.93. The molecular weight excluding hydrogens is 449 g/mol. The summed E-state index contributed by atoms with van der Waals surface area (Å²) < 4.78 is 17.9. The molecule has 0 radical (unpaired) electrons. The number of hydrogen-bond donors (Lipinski definition) is 2. The van der Waals surface area contributed by atoms with Crippen LogP contribution in [-0.4, -0.2) is 52.5 Å². The SMILES string of the molecule is CCNC(=NCCS(=O)C(C)(C)C)NC1CC(OCC)C12CCC2.I. The summed E-state index contributed by atoms with van der Waals surface area (Å²) in [6, 6.07) is 0.453. The Morgan fingerprint density at radius 1 is 1.32 bits per heavy atom. The molecule has 2 aliphatic carbocycles. The highest BCUT2D eigenvalue weighted by Crippen LogP contribution is 2.57. The third-order valence-electron chi connectivity index (χ3n) is 5.32. The van der Waals surface area contributed by atoms with Crippen LogP contribution in [0.25, 0.3) is 0 Å². The first-order chi connectivity index (χ1) is 11.3. The zero-order valence-electron chi connectivity index (χ0n) is 16.4. The van der Waals surface area contributed by atoms with E-state index in [1.165, 1.54) is 19.3 Å². The average molecular weight is 485 g/mol. The molecule has 2 rings (SSSR count). The van der Waals surface area contributed by atoms with E-state index in [1.807, 2.05) is 20.8 Å². The Kier molecular flexibility index (Phi) is 9.14. The maximum absolute atomic E-state index is 12.2. The van der Waals surface area contributed by atoms with Crippen LogP contribution in [0.2, 0.25) is 0 Å². The molecule has 2 fully saturated rings. The third kappa shape index (κ3) is 5.54. The quantitative estimate of drug-likeness (QED) is 0.331. The van der Waals surface area contributed by atoms with Crippen molar-refractivity contribution in [1.29, 1.82) is 0 Å². The van der Waals surface area contributed by atoms with Crippen molar-refractivity contribution in [2.45, 2.75) is 77.2 Å². The van der Waals surface area contributed by atoms with E-state index in [0.29, 0.717) is 29.9 Å². The minimum Gasteiger partial charge on any atom is -0.378 e. The van der Waals surface area contributed by atoms with Gasteiger partial charge in [0.05, 0.1) is 12.6 Å². The topological polar surface area (TPSA) is 62.7 Å². The molecule has 0 aromatic heterocycles. The Bertz CT molecular complexity index is 475. The highest BCUT2D eigenvalue weighted by atomic mass is 127. The summed E-state index contributed by atoms with van der Waals surface area (Å²) in [6.45, 7) is 12.4. The fourth-order valence-electron chi connectivity index (χ4n) is 3.67. The van der Waals surface area contributed by atoms with Crippen molar-refractivity contribution in [3.63, 3.8) is 0 Å². The second-order valence-corrected chi connectivity index (χ2v) is 10.2. The smallest absolute Gasteiger partial charge is 0.191 e. The Morgan fingerprint density at radius 3 is 2.48 bits per heavy atom. The van der Waals surface area contributed by atoms with Gasteiger partial charge in [0.25, 0.3) is 0 Å². The van der Waals surface area contributed by atoms with E-state index in [4.69, 9.17) is 4.74 Å². The largest absolute Gasteiger partial charge is 0.378 e. The van der Waals surface area contributed by atoms with Crippen LogP contribution in [0.3, 0.4) is 0 Å². The van der Waals surface area contributed by atoms with Crippen molar-refractivity contribution < 1.29 is 8.95 Å². The van der Waals surface area contributed by atoms with Crippen LogP contribution in [0.1, 0.15) is 60.3 Å². The number of hydrogen-bond acceptors (Lipinski definition) is 3. The van der Waals surface area contributed by atoms with E-state index in [1.54, 1.807) is 0 Å². The van der Waals surface area contributed by atoms with E-state index < -0.39 is 10.8 Å². The molecule has 0 bridgehead atoms. The molecule has 7 heteroatoms. The first-order valence-corrected chi connectivity index (χ1v) is 10.7. The Balaban J connectivity index is 0.00000312. The molecule has 3 unspecified atom stereocenters. The van der Waals surface area contributed by atoms with Gasteiger partial charge in [0.2, 0.25) is 0 Å². The van der Waals surface area contributed by atoms with Gasteiger partial charge in [0.1, 0.15) is 0 Å². The lowest BCUT2D eigenvalue weighted by Crippen LogP contribution is -2.68. The Labute approximate surface area is 173 Å². The molecule has 0 aliphatic heterocycles. The van der Waals surface area contributed by atoms with Crippen molar-refractivity contribution in [1.82, 2.24) is 10.6 Å². The van der Waals surface area contributed by atoms with Gasteiger partial charge in [-0.1, -0.05) is 6.42 Å². The van der Waals surface area contributed by atoms with Crippen molar-refractivity contribution >= 4 is 40.7 Å². The number of guanidine groups is 1. The Hall–Kier alpha value is 0.110. The number of halogens is 1. The van der Waals surface area contributed by atoms with Crippen molar-refractivity contribution in [3.05, 3.63) is 0 Å². The molecule has 5 nitrogen and oxygen atoms in total. The summed E-state index contributed by atoms with van der Waals surface area (Å²) in [5.74, 6) is 1.46. The van der Waals surface area contributed by atoms with Crippen LogP contribution in [0, 0.1) is 5.41 Å². The lowest BCUT2D eigenvalue weighted by Gasteiger charge is -2.61. The average Bonchev–Trinajstić information content (AvgIpc) is 2.43. The van der Waals surface area contributed by atoms with Crippen LogP contribution in [0.15, 0.2) is 4.99 Å². The summed E-state index contributed by atoms with van der Waals surface area (Å²) in [6.07, 6.45) is 5.28. The molecule has 2 saturated carbocycles. The van der Waals surface area contributed by atoms with E-state index >= 15 is 0 Å². The monoisotopic (exact) mass is 485 g/mol. The predicted octanol–water partition coefficient (Wildman–Crippen LogP) is 3.05. The molecular formula is C18H36IN3O2S. The molecule has 1 spiro atoms. The second kappa shape index (κ2) is 9.88. The second-order valence-electron chi connectivity index (χ2n) is 7.89. The van der Waals surface area contributed by atoms with Crippen LogP contribution < -0.4 is 10.6 Å². The lowest BCUT2D eigenvalue weighted by atomic mass is 9.51. The highest BCUT2D eigenvalue weighted by Gasteiger charge is 2.59. The van der Waals surface area contributed by atoms with Crippen molar-refractivity contribution in [2.75, 3.05) is 25.4 Å². The molecule has 3 atom stereocenters. The first kappa shape index (κ1) is 23.1. The Morgan fingerprint density at radius 2 is 2.00 bits per heavy atom. The summed E-state index contributed by atoms with van der Waals surface area (Å²) in [4.78, 5) is 4.64. The molecule has 2 N–H and O–H groups in total. The van der Waals surface area contributed by atoms with Gasteiger partial charge in [-0.3, -0.25) is 9.20 Å². The lowest BCUT2D eigenvalue weighted by molar-refractivity contribution is -0.168. The standard InChI is InChI=1S/C18H35N3O2S.HI/c1-6-19-16(20-11-12-24(22)17(3,4)5)21-14-13-15(23-7-2)18(14)9-8-10-18;/h14-15H,6-13H2,1-5H3,(H2,19,20,21);1H. The van der Waals surface area contributed by atoms with Crippen LogP contribution in [0.5, 0.6) is 0 Å². The molecule has 0 aromatic carbocycles. The van der Waals surface area contributed by atoms with Gasteiger partial charge in [0, 0.05) is 45.9 Å². The third-order valence-corrected chi connectivity index (χ3v) is 7.24. The fourth-order valence-corrected chi connectivity index (χ4v) is 4.54. The predicted molar refractivity (Wildman–Crippen MR) is 117 cm³/mol. The molecule has 0 amide bonds. The van der Waals surface area contributed by atoms with Gasteiger partial charge >= 0.3 is 0 Å². The number of ether oxygens (including phenoxy) is 1. The van der Waals surface area contributed by atoms with Crippen LogP contribution >= 0.6 is 24.0 Å². The van der Waals surface area contributed by atoms with Crippen LogP contribution in [-0.2, 0) is 15.5 Å². The molecule has 148 valence electrons. The normalized spacial score (nSPS) is 26.2. The first-order valence-electron chi connectivity index (χ1n) is 9.38. The summed E-state index contributed by atoms with van der Waals surface area (Å²) >= 11 is 0. The number of nitrogens with one attached hydrogen (secondary N) is 2. The van der Waals surface area contributed by atoms with Gasteiger partial charge in [0.15, 0.2) is 5.96 Å². The summed E-state index contributed by atoms with van der Waals surface area (Å²) in [7, 11) is -0.855. The van der Waals surface area contributed by atoms with E-state index in [2.05, 4.69) is 29.5 Å². The van der Waals surface area contributed by atoms with E-state index in [0.717, 1.165) is 25.5 Å². The minimum atomic E-state index is -0.855. The van der Waals surface area contributed by atoms with E-state index in [-0.39, 0.29) is 28.7 Å². The zero-order chi connectivity index (χ0) is 17.8. The van der Waals surface area contributed by atoms with Gasteiger partial charge in [-0.05, 0) is 53.9 Å². The maximum Gasteiger partial charge on any atom is 0.191 e. The van der Waals surface area contributed by atoms with Crippen molar-refractivity contribution in [2.24, 2.45) is 10.4 Å². The number of aliphatic imine (C=N–C) groups is 1. The van der Waals surface area contributed by atoms with E-state index in [9.17, 15) is 4.21 Å². The summed E-state index contributed by atoms with van der Waals surface area (Å²) in [5.41, 5.74) is 0.320. The van der Waals surface area contributed by atoms with Gasteiger partial charge in [-0.2, -0.15) is 0 Å².